The normalized spacial score (nSPS) is 16.6. The van der Waals surface area contributed by atoms with Gasteiger partial charge in [0.15, 0.2) is 0 Å². The minimum Gasteiger partial charge on any atom is -0.379 e. The summed E-state index contributed by atoms with van der Waals surface area (Å²) in [5, 5.41) is 7.02. The predicted octanol–water partition coefficient (Wildman–Crippen LogP) is 2.08. The molecule has 3 rings (SSSR count). The van der Waals surface area contributed by atoms with Crippen LogP contribution >= 0.6 is 0 Å². The summed E-state index contributed by atoms with van der Waals surface area (Å²) in [7, 11) is 0. The summed E-state index contributed by atoms with van der Waals surface area (Å²) in [5.41, 5.74) is 2.49. The van der Waals surface area contributed by atoms with Gasteiger partial charge in [0, 0.05) is 37.9 Å². The Morgan fingerprint density at radius 3 is 2.68 bits per heavy atom. The van der Waals surface area contributed by atoms with Crippen LogP contribution in [0.5, 0.6) is 0 Å². The number of carbonyl (C=O) groups is 1. The van der Waals surface area contributed by atoms with Gasteiger partial charge >= 0.3 is 0 Å². The van der Waals surface area contributed by atoms with E-state index >= 15 is 0 Å². The van der Waals surface area contributed by atoms with E-state index in [0.717, 1.165) is 44.1 Å². The van der Waals surface area contributed by atoms with E-state index in [2.05, 4.69) is 34.2 Å². The van der Waals surface area contributed by atoms with E-state index in [1.54, 1.807) is 0 Å². The minimum atomic E-state index is -0.0334. The van der Waals surface area contributed by atoms with Crippen LogP contribution in [0.25, 0.3) is 0 Å². The van der Waals surface area contributed by atoms with Gasteiger partial charge in [-0.3, -0.25) is 14.8 Å². The molecule has 0 bridgehead atoms. The van der Waals surface area contributed by atoms with Crippen LogP contribution in [0.2, 0.25) is 0 Å². The van der Waals surface area contributed by atoms with Crippen LogP contribution in [0.3, 0.4) is 0 Å². The third kappa shape index (κ3) is 4.67. The van der Waals surface area contributed by atoms with Crippen LogP contribution < -0.4 is 0 Å². The molecule has 1 fully saturated rings. The molecule has 1 saturated heterocycles. The number of ether oxygens (including phenoxy) is 1. The number of aryl methyl sites for hydroxylation is 1. The van der Waals surface area contributed by atoms with Gasteiger partial charge < -0.3 is 9.64 Å². The van der Waals surface area contributed by atoms with E-state index in [0.29, 0.717) is 12.2 Å². The third-order valence-corrected chi connectivity index (χ3v) is 4.54. The first kappa shape index (κ1) is 17.6. The molecular weight excluding hydrogens is 316 g/mol. The quantitative estimate of drug-likeness (QED) is 0.873. The van der Waals surface area contributed by atoms with Crippen molar-refractivity contribution in [2.24, 2.45) is 0 Å². The summed E-state index contributed by atoms with van der Waals surface area (Å²) in [6.07, 6.45) is 0. The number of aromatic nitrogens is 2. The van der Waals surface area contributed by atoms with Gasteiger partial charge in [0.2, 0.25) is 0 Å². The zero-order valence-electron chi connectivity index (χ0n) is 14.9. The summed E-state index contributed by atoms with van der Waals surface area (Å²) >= 11 is 0. The first-order valence-electron chi connectivity index (χ1n) is 8.80. The molecule has 1 aromatic carbocycles. The number of aromatic amines is 1. The molecule has 2 heterocycles. The van der Waals surface area contributed by atoms with Gasteiger partial charge in [0.1, 0.15) is 5.69 Å². The number of morpholine rings is 1. The Balaban J connectivity index is 1.76. The second-order valence-corrected chi connectivity index (χ2v) is 6.62. The molecule has 1 aromatic heterocycles. The molecule has 1 atom stereocenters. The lowest BCUT2D eigenvalue weighted by Gasteiger charge is -2.35. The number of amides is 1. The molecule has 0 saturated carbocycles. The maximum Gasteiger partial charge on any atom is 0.274 e. The topological polar surface area (TPSA) is 61.5 Å². The number of nitrogens with zero attached hydrogens (tertiary/aromatic N) is 3. The smallest absolute Gasteiger partial charge is 0.274 e. The molecule has 1 aliphatic heterocycles. The third-order valence-electron chi connectivity index (χ3n) is 4.54. The van der Waals surface area contributed by atoms with Crippen molar-refractivity contribution in [1.82, 2.24) is 20.0 Å². The summed E-state index contributed by atoms with van der Waals surface area (Å²) in [4.78, 5) is 17.3. The Bertz CT molecular complexity index is 680. The number of hydrogen-bond donors (Lipinski definition) is 1. The molecule has 0 spiro atoms. The minimum absolute atomic E-state index is 0.0334. The zero-order chi connectivity index (χ0) is 17.6. The van der Waals surface area contributed by atoms with Crippen molar-refractivity contribution in [3.63, 3.8) is 0 Å². The van der Waals surface area contributed by atoms with Crippen molar-refractivity contribution < 1.29 is 9.53 Å². The largest absolute Gasteiger partial charge is 0.379 e. The average Bonchev–Trinajstić information content (AvgIpc) is 3.07. The Labute approximate surface area is 148 Å². The summed E-state index contributed by atoms with van der Waals surface area (Å²) in [6, 6.07) is 12.0. The number of H-pyrrole nitrogens is 1. The van der Waals surface area contributed by atoms with E-state index in [1.165, 1.54) is 0 Å². The molecular formula is C19H26N4O2. The molecule has 134 valence electrons. The van der Waals surface area contributed by atoms with Crippen molar-refractivity contribution >= 4 is 5.91 Å². The van der Waals surface area contributed by atoms with Gasteiger partial charge in [0.05, 0.1) is 13.2 Å². The van der Waals surface area contributed by atoms with Gasteiger partial charge in [-0.2, -0.15) is 5.10 Å². The van der Waals surface area contributed by atoms with Crippen LogP contribution in [0.4, 0.5) is 0 Å². The lowest BCUT2D eigenvalue weighted by Crippen LogP contribution is -2.48. The predicted molar refractivity (Wildman–Crippen MR) is 96.4 cm³/mol. The second-order valence-electron chi connectivity index (χ2n) is 6.62. The highest BCUT2D eigenvalue weighted by molar-refractivity contribution is 5.92. The number of rotatable bonds is 6. The van der Waals surface area contributed by atoms with Gasteiger partial charge in [0.25, 0.3) is 5.91 Å². The second kappa shape index (κ2) is 8.27. The highest BCUT2D eigenvalue weighted by atomic mass is 16.5. The Morgan fingerprint density at radius 2 is 2.04 bits per heavy atom. The Kier molecular flexibility index (Phi) is 5.83. The Morgan fingerprint density at radius 1 is 1.32 bits per heavy atom. The lowest BCUT2D eigenvalue weighted by molar-refractivity contribution is 0.0227. The van der Waals surface area contributed by atoms with Crippen molar-refractivity contribution in [1.29, 1.82) is 0 Å². The zero-order valence-corrected chi connectivity index (χ0v) is 14.9. The van der Waals surface area contributed by atoms with Crippen LogP contribution in [-0.4, -0.2) is 64.8 Å². The fourth-order valence-corrected chi connectivity index (χ4v) is 3.14. The van der Waals surface area contributed by atoms with Crippen LogP contribution in [0.1, 0.15) is 28.7 Å². The molecule has 1 aliphatic rings. The van der Waals surface area contributed by atoms with Gasteiger partial charge in [-0.05, 0) is 25.5 Å². The van der Waals surface area contributed by atoms with Crippen molar-refractivity contribution in [2.75, 3.05) is 32.8 Å². The summed E-state index contributed by atoms with van der Waals surface area (Å²) in [5.74, 6) is -0.0334. The molecule has 1 N–H and O–H groups in total. The Hall–Kier alpha value is -2.18. The summed E-state index contributed by atoms with van der Waals surface area (Å²) in [6.45, 7) is 8.79. The van der Waals surface area contributed by atoms with Crippen molar-refractivity contribution in [3.8, 4) is 0 Å². The fraction of sp³-hybridized carbons (Fsp3) is 0.474. The maximum absolute atomic E-state index is 13.0. The molecule has 6 nitrogen and oxygen atoms in total. The van der Waals surface area contributed by atoms with Crippen LogP contribution in [0.15, 0.2) is 36.4 Å². The number of hydrogen-bond acceptors (Lipinski definition) is 4. The van der Waals surface area contributed by atoms with E-state index < -0.39 is 0 Å². The van der Waals surface area contributed by atoms with Crippen LogP contribution in [0, 0.1) is 6.92 Å². The monoisotopic (exact) mass is 342 g/mol. The van der Waals surface area contributed by atoms with E-state index in [4.69, 9.17) is 4.74 Å². The SMILES string of the molecule is Cc1cc(C(=O)N(Cc2ccccc2)[C@H](C)CN2CCOCC2)n[nH]1. The highest BCUT2D eigenvalue weighted by Crippen LogP contribution is 2.14. The maximum atomic E-state index is 13.0. The molecule has 1 amide bonds. The number of benzene rings is 1. The lowest BCUT2D eigenvalue weighted by atomic mass is 10.1. The van der Waals surface area contributed by atoms with E-state index in [-0.39, 0.29) is 11.9 Å². The van der Waals surface area contributed by atoms with Crippen molar-refractivity contribution in [2.45, 2.75) is 26.4 Å². The number of nitrogens with one attached hydrogen (secondary N) is 1. The molecule has 2 aromatic rings. The van der Waals surface area contributed by atoms with Gasteiger partial charge in [-0.25, -0.2) is 0 Å². The first-order valence-corrected chi connectivity index (χ1v) is 8.80. The van der Waals surface area contributed by atoms with Gasteiger partial charge in [-0.1, -0.05) is 30.3 Å². The summed E-state index contributed by atoms with van der Waals surface area (Å²) < 4.78 is 5.42. The molecule has 25 heavy (non-hydrogen) atoms. The standard InChI is InChI=1S/C19H26N4O2/c1-15-12-18(21-20-15)19(24)23(14-17-6-4-3-5-7-17)16(2)13-22-8-10-25-11-9-22/h3-7,12,16H,8-11,13-14H2,1-2H3,(H,20,21)/t16-/m1/s1. The van der Waals surface area contributed by atoms with E-state index in [9.17, 15) is 4.79 Å². The number of carbonyl (C=O) groups excluding carboxylic acids is 1. The first-order chi connectivity index (χ1) is 12.1. The molecule has 0 unspecified atom stereocenters. The molecule has 0 radical (unpaired) electrons. The average molecular weight is 342 g/mol. The fourth-order valence-electron chi connectivity index (χ4n) is 3.14. The van der Waals surface area contributed by atoms with Gasteiger partial charge in [-0.15, -0.1) is 0 Å². The molecule has 0 aliphatic carbocycles. The van der Waals surface area contributed by atoms with E-state index in [1.807, 2.05) is 36.1 Å². The van der Waals surface area contributed by atoms with Crippen LogP contribution in [-0.2, 0) is 11.3 Å². The van der Waals surface area contributed by atoms with Crippen molar-refractivity contribution in [3.05, 3.63) is 53.3 Å². The highest BCUT2D eigenvalue weighted by Gasteiger charge is 2.25. The molecule has 6 heteroatoms.